The van der Waals surface area contributed by atoms with Gasteiger partial charge in [-0.1, -0.05) is 11.6 Å². The molecule has 1 aliphatic heterocycles. The normalized spacial score (nSPS) is 14.0. The summed E-state index contributed by atoms with van der Waals surface area (Å²) in [5, 5.41) is 6.64. The molecule has 2 aromatic rings. The highest BCUT2D eigenvalue weighted by atomic mass is 35.5. The van der Waals surface area contributed by atoms with Crippen LogP contribution >= 0.6 is 11.6 Å². The SMILES string of the molecule is C[C@H](Nc1ccc(Cl)cc1)C(=O)Nc1ccc2c(c1)OCCO2. The number of anilines is 2. The minimum atomic E-state index is -0.399. The van der Waals surface area contributed by atoms with Crippen LogP contribution in [0.25, 0.3) is 0 Å². The smallest absolute Gasteiger partial charge is 0.246 e. The van der Waals surface area contributed by atoms with Crippen LogP contribution in [0.5, 0.6) is 11.5 Å². The van der Waals surface area contributed by atoms with Crippen molar-refractivity contribution in [1.82, 2.24) is 0 Å². The van der Waals surface area contributed by atoms with Gasteiger partial charge in [-0.05, 0) is 43.3 Å². The molecule has 2 N–H and O–H groups in total. The van der Waals surface area contributed by atoms with Crippen molar-refractivity contribution in [3.63, 3.8) is 0 Å². The standard InChI is InChI=1S/C17H17ClN2O3/c1-11(19-13-4-2-12(18)3-5-13)17(21)20-14-6-7-15-16(10-14)23-9-8-22-15/h2-7,10-11,19H,8-9H2,1H3,(H,20,21)/t11-/m0/s1. The van der Waals surface area contributed by atoms with Crippen molar-refractivity contribution in [2.45, 2.75) is 13.0 Å². The minimum absolute atomic E-state index is 0.142. The largest absolute Gasteiger partial charge is 0.486 e. The van der Waals surface area contributed by atoms with Crippen molar-refractivity contribution < 1.29 is 14.3 Å². The fourth-order valence-electron chi connectivity index (χ4n) is 2.23. The molecule has 0 saturated carbocycles. The van der Waals surface area contributed by atoms with Gasteiger partial charge in [0.05, 0.1) is 0 Å². The van der Waals surface area contributed by atoms with Crippen molar-refractivity contribution in [3.8, 4) is 11.5 Å². The van der Waals surface area contributed by atoms with Gasteiger partial charge in [-0.15, -0.1) is 0 Å². The third kappa shape index (κ3) is 3.87. The lowest BCUT2D eigenvalue weighted by molar-refractivity contribution is -0.116. The molecule has 1 heterocycles. The summed E-state index contributed by atoms with van der Waals surface area (Å²) in [4.78, 5) is 12.3. The lowest BCUT2D eigenvalue weighted by atomic mass is 10.2. The number of hydrogen-bond acceptors (Lipinski definition) is 4. The number of carbonyl (C=O) groups excluding carboxylic acids is 1. The van der Waals surface area contributed by atoms with Gasteiger partial charge in [0.25, 0.3) is 0 Å². The van der Waals surface area contributed by atoms with E-state index in [2.05, 4.69) is 10.6 Å². The quantitative estimate of drug-likeness (QED) is 0.899. The molecule has 120 valence electrons. The Hall–Kier alpha value is -2.40. The maximum atomic E-state index is 12.3. The number of halogens is 1. The van der Waals surface area contributed by atoms with Crippen molar-refractivity contribution >= 4 is 28.9 Å². The highest BCUT2D eigenvalue weighted by molar-refractivity contribution is 6.30. The third-order valence-electron chi connectivity index (χ3n) is 3.43. The Bertz CT molecular complexity index is 703. The van der Waals surface area contributed by atoms with Gasteiger partial charge in [-0.25, -0.2) is 0 Å². The number of amides is 1. The minimum Gasteiger partial charge on any atom is -0.486 e. The van der Waals surface area contributed by atoms with Crippen molar-refractivity contribution in [3.05, 3.63) is 47.5 Å². The van der Waals surface area contributed by atoms with Gasteiger partial charge < -0.3 is 20.1 Å². The van der Waals surface area contributed by atoms with Crippen molar-refractivity contribution in [2.24, 2.45) is 0 Å². The summed E-state index contributed by atoms with van der Waals surface area (Å²) >= 11 is 5.85. The number of hydrogen-bond donors (Lipinski definition) is 2. The van der Waals surface area contributed by atoms with Crippen LogP contribution in [-0.2, 0) is 4.79 Å². The summed E-state index contributed by atoms with van der Waals surface area (Å²) in [7, 11) is 0. The topological polar surface area (TPSA) is 59.6 Å². The van der Waals surface area contributed by atoms with Crippen LogP contribution in [-0.4, -0.2) is 25.2 Å². The molecular weight excluding hydrogens is 316 g/mol. The van der Waals surface area contributed by atoms with E-state index in [1.165, 1.54) is 0 Å². The molecule has 0 bridgehead atoms. The molecule has 0 aliphatic carbocycles. The number of ether oxygens (including phenoxy) is 2. The van der Waals surface area contributed by atoms with E-state index in [1.807, 2.05) is 12.1 Å². The summed E-state index contributed by atoms with van der Waals surface area (Å²) in [6.45, 7) is 2.85. The molecule has 0 radical (unpaired) electrons. The second kappa shape index (κ2) is 6.79. The van der Waals surface area contributed by atoms with Gasteiger partial charge in [0.15, 0.2) is 11.5 Å². The van der Waals surface area contributed by atoms with Gasteiger partial charge in [0.2, 0.25) is 5.91 Å². The number of benzene rings is 2. The summed E-state index contributed by atoms with van der Waals surface area (Å²) in [6.07, 6.45) is 0. The summed E-state index contributed by atoms with van der Waals surface area (Å²) in [5.41, 5.74) is 1.50. The molecule has 0 saturated heterocycles. The zero-order valence-corrected chi connectivity index (χ0v) is 13.4. The first kappa shape index (κ1) is 15.5. The van der Waals surface area contributed by atoms with Gasteiger partial charge in [0.1, 0.15) is 19.3 Å². The van der Waals surface area contributed by atoms with Gasteiger partial charge >= 0.3 is 0 Å². The number of carbonyl (C=O) groups is 1. The molecule has 3 rings (SSSR count). The van der Waals surface area contributed by atoms with Crippen LogP contribution in [0.2, 0.25) is 5.02 Å². The van der Waals surface area contributed by atoms with Crippen LogP contribution in [0.4, 0.5) is 11.4 Å². The molecule has 1 atom stereocenters. The predicted molar refractivity (Wildman–Crippen MR) is 90.6 cm³/mol. The van der Waals surface area contributed by atoms with E-state index in [4.69, 9.17) is 21.1 Å². The first-order valence-corrected chi connectivity index (χ1v) is 7.72. The first-order chi connectivity index (χ1) is 11.1. The Kier molecular flexibility index (Phi) is 4.57. The highest BCUT2D eigenvalue weighted by Crippen LogP contribution is 2.32. The molecule has 1 aliphatic rings. The molecule has 0 aromatic heterocycles. The lowest BCUT2D eigenvalue weighted by Crippen LogP contribution is -2.31. The molecule has 6 heteroatoms. The number of rotatable bonds is 4. The van der Waals surface area contributed by atoms with Crippen LogP contribution < -0.4 is 20.1 Å². The lowest BCUT2D eigenvalue weighted by Gasteiger charge is -2.20. The Labute approximate surface area is 139 Å². The van der Waals surface area contributed by atoms with Crippen molar-refractivity contribution in [2.75, 3.05) is 23.8 Å². The van der Waals surface area contributed by atoms with Crippen LogP contribution in [0.3, 0.4) is 0 Å². The Morgan fingerprint density at radius 3 is 2.43 bits per heavy atom. The number of nitrogens with one attached hydrogen (secondary N) is 2. The molecule has 2 aromatic carbocycles. The second-order valence-electron chi connectivity index (χ2n) is 5.22. The summed E-state index contributed by atoms with van der Waals surface area (Å²) in [6, 6.07) is 12.2. The van der Waals surface area contributed by atoms with Crippen LogP contribution in [0, 0.1) is 0 Å². The highest BCUT2D eigenvalue weighted by Gasteiger charge is 2.16. The zero-order valence-electron chi connectivity index (χ0n) is 12.6. The maximum Gasteiger partial charge on any atom is 0.246 e. The Balaban J connectivity index is 1.63. The van der Waals surface area contributed by atoms with Crippen LogP contribution in [0.15, 0.2) is 42.5 Å². The Morgan fingerprint density at radius 2 is 1.70 bits per heavy atom. The monoisotopic (exact) mass is 332 g/mol. The fourth-order valence-corrected chi connectivity index (χ4v) is 2.36. The van der Waals surface area contributed by atoms with Gasteiger partial charge in [0, 0.05) is 22.5 Å². The van der Waals surface area contributed by atoms with E-state index in [9.17, 15) is 4.79 Å². The fraction of sp³-hybridized carbons (Fsp3) is 0.235. The van der Waals surface area contributed by atoms with E-state index in [-0.39, 0.29) is 5.91 Å². The van der Waals surface area contributed by atoms with Crippen LogP contribution in [0.1, 0.15) is 6.92 Å². The molecule has 0 unspecified atom stereocenters. The van der Waals surface area contributed by atoms with Crippen molar-refractivity contribution in [1.29, 1.82) is 0 Å². The zero-order chi connectivity index (χ0) is 16.2. The molecule has 0 fully saturated rings. The average Bonchev–Trinajstić information content (AvgIpc) is 2.56. The molecule has 1 amide bonds. The van der Waals surface area contributed by atoms with Gasteiger partial charge in [-0.3, -0.25) is 4.79 Å². The van der Waals surface area contributed by atoms with E-state index >= 15 is 0 Å². The van der Waals surface area contributed by atoms with E-state index in [1.54, 1.807) is 37.3 Å². The second-order valence-corrected chi connectivity index (χ2v) is 5.66. The Morgan fingerprint density at radius 1 is 1.04 bits per heavy atom. The molecule has 0 spiro atoms. The predicted octanol–water partition coefficient (Wildman–Crippen LogP) is 3.55. The first-order valence-electron chi connectivity index (χ1n) is 7.34. The molecule has 23 heavy (non-hydrogen) atoms. The third-order valence-corrected chi connectivity index (χ3v) is 3.68. The molecule has 5 nitrogen and oxygen atoms in total. The van der Waals surface area contributed by atoms with E-state index in [0.29, 0.717) is 35.4 Å². The number of fused-ring (bicyclic) bond motifs is 1. The maximum absolute atomic E-state index is 12.3. The molecular formula is C17H17ClN2O3. The van der Waals surface area contributed by atoms with E-state index in [0.717, 1.165) is 5.69 Å². The summed E-state index contributed by atoms with van der Waals surface area (Å²) in [5.74, 6) is 1.20. The summed E-state index contributed by atoms with van der Waals surface area (Å²) < 4.78 is 11.0. The van der Waals surface area contributed by atoms with Gasteiger partial charge in [-0.2, -0.15) is 0 Å². The average molecular weight is 333 g/mol. The van der Waals surface area contributed by atoms with E-state index < -0.39 is 6.04 Å².